The van der Waals surface area contributed by atoms with Crippen LogP contribution in [0.2, 0.25) is 0 Å². The van der Waals surface area contributed by atoms with Crippen molar-refractivity contribution in [1.82, 2.24) is 9.62 Å². The number of benzene rings is 1. The summed E-state index contributed by atoms with van der Waals surface area (Å²) in [7, 11) is -2.25. The monoisotopic (exact) mass is 398 g/mol. The summed E-state index contributed by atoms with van der Waals surface area (Å²) < 4.78 is 31.8. The van der Waals surface area contributed by atoms with Crippen molar-refractivity contribution in [1.29, 1.82) is 0 Å². The molecule has 1 unspecified atom stereocenters. The van der Waals surface area contributed by atoms with Gasteiger partial charge in [0.2, 0.25) is 15.9 Å². The zero-order valence-corrected chi connectivity index (χ0v) is 16.6. The summed E-state index contributed by atoms with van der Waals surface area (Å²) in [5.74, 6) is -1.97. The highest BCUT2D eigenvalue weighted by atomic mass is 32.2. The molecule has 1 aromatic carbocycles. The maximum atomic E-state index is 12.8. The second-order valence-electron chi connectivity index (χ2n) is 6.78. The number of nitrogens with zero attached hydrogens (tertiary/aromatic N) is 1. The van der Waals surface area contributed by atoms with Crippen LogP contribution < -0.4 is 5.32 Å². The highest BCUT2D eigenvalue weighted by molar-refractivity contribution is 7.89. The van der Waals surface area contributed by atoms with Crippen LogP contribution in [0.5, 0.6) is 0 Å². The van der Waals surface area contributed by atoms with Gasteiger partial charge in [0.25, 0.3) is 0 Å². The van der Waals surface area contributed by atoms with E-state index in [1.165, 1.54) is 11.4 Å². The molecule has 9 heteroatoms. The van der Waals surface area contributed by atoms with Gasteiger partial charge in [-0.15, -0.1) is 0 Å². The molecule has 1 atom stereocenters. The molecule has 2 N–H and O–H groups in total. The molecule has 1 aromatic rings. The summed E-state index contributed by atoms with van der Waals surface area (Å²) in [6.07, 6.45) is 0.685. The lowest BCUT2D eigenvalue weighted by molar-refractivity contribution is -0.144. The number of piperidine rings is 1. The lowest BCUT2D eigenvalue weighted by Gasteiger charge is -2.31. The summed E-state index contributed by atoms with van der Waals surface area (Å²) in [6, 6.07) is 3.93. The molecule has 0 aliphatic carbocycles. The fourth-order valence-corrected chi connectivity index (χ4v) is 4.57. The Hall–Kier alpha value is -1.97. The van der Waals surface area contributed by atoms with Crippen LogP contribution in [0.3, 0.4) is 0 Å². The Morgan fingerprint density at radius 3 is 2.41 bits per heavy atom. The fraction of sp³-hybridized carbons (Fsp3) is 0.556. The highest BCUT2D eigenvalue weighted by Crippen LogP contribution is 2.25. The molecule has 1 fully saturated rings. The predicted octanol–water partition coefficient (Wildman–Crippen LogP) is 0.920. The van der Waals surface area contributed by atoms with E-state index in [9.17, 15) is 18.0 Å². The van der Waals surface area contributed by atoms with E-state index in [4.69, 9.17) is 9.84 Å². The molecule has 1 heterocycles. The molecule has 27 heavy (non-hydrogen) atoms. The molecule has 1 aliphatic heterocycles. The number of ether oxygens (including phenoxy) is 1. The van der Waals surface area contributed by atoms with Gasteiger partial charge in [-0.2, -0.15) is 4.31 Å². The number of nitrogens with one attached hydrogen (secondary N) is 1. The number of hydrogen-bond donors (Lipinski definition) is 2. The van der Waals surface area contributed by atoms with Crippen LogP contribution in [0.15, 0.2) is 23.1 Å². The van der Waals surface area contributed by atoms with Gasteiger partial charge >= 0.3 is 5.97 Å². The Morgan fingerprint density at radius 1 is 1.26 bits per heavy atom. The molecule has 1 aliphatic rings. The van der Waals surface area contributed by atoms with Gasteiger partial charge in [-0.3, -0.25) is 4.79 Å². The van der Waals surface area contributed by atoms with Gasteiger partial charge in [-0.1, -0.05) is 6.07 Å². The van der Waals surface area contributed by atoms with Crippen molar-refractivity contribution < 1.29 is 27.9 Å². The van der Waals surface area contributed by atoms with E-state index < -0.39 is 28.0 Å². The predicted molar refractivity (Wildman–Crippen MR) is 98.8 cm³/mol. The van der Waals surface area contributed by atoms with Crippen molar-refractivity contribution in [3.63, 3.8) is 0 Å². The highest BCUT2D eigenvalue weighted by Gasteiger charge is 2.33. The van der Waals surface area contributed by atoms with E-state index in [2.05, 4.69) is 5.32 Å². The second-order valence-corrected chi connectivity index (χ2v) is 8.72. The van der Waals surface area contributed by atoms with Crippen molar-refractivity contribution in [2.75, 3.05) is 26.8 Å². The minimum Gasteiger partial charge on any atom is -0.480 e. The van der Waals surface area contributed by atoms with Crippen molar-refractivity contribution in [2.24, 2.45) is 5.92 Å². The van der Waals surface area contributed by atoms with E-state index in [1.54, 1.807) is 18.2 Å². The maximum absolute atomic E-state index is 12.8. The number of rotatable bonds is 7. The number of hydrogen-bond acceptors (Lipinski definition) is 5. The Morgan fingerprint density at radius 2 is 1.89 bits per heavy atom. The first-order valence-electron chi connectivity index (χ1n) is 8.76. The van der Waals surface area contributed by atoms with Crippen LogP contribution in [0.4, 0.5) is 0 Å². The van der Waals surface area contributed by atoms with E-state index in [1.807, 2.05) is 13.8 Å². The molecule has 2 rings (SSSR count). The van der Waals surface area contributed by atoms with Gasteiger partial charge in [0.1, 0.15) is 0 Å². The third-order valence-electron chi connectivity index (χ3n) is 4.89. The number of aliphatic carboxylic acids is 1. The van der Waals surface area contributed by atoms with Crippen molar-refractivity contribution >= 4 is 21.9 Å². The number of carboxylic acids is 1. The largest absolute Gasteiger partial charge is 0.480 e. The molecule has 8 nitrogen and oxygen atoms in total. The Kier molecular flexibility index (Phi) is 6.96. The zero-order valence-electron chi connectivity index (χ0n) is 15.8. The summed E-state index contributed by atoms with van der Waals surface area (Å²) in [6.45, 7) is 4.10. The number of carboxylic acid groups (broad SMARTS) is 1. The van der Waals surface area contributed by atoms with E-state index in [0.717, 1.165) is 11.1 Å². The average Bonchev–Trinajstić information content (AvgIpc) is 2.63. The van der Waals surface area contributed by atoms with Crippen LogP contribution in [-0.4, -0.2) is 62.6 Å². The summed E-state index contributed by atoms with van der Waals surface area (Å²) in [4.78, 5) is 23.7. The Labute approximate surface area is 159 Å². The number of sulfonamides is 1. The fourth-order valence-electron chi connectivity index (χ4n) is 3.01. The maximum Gasteiger partial charge on any atom is 0.328 e. The standard InChI is InChI=1S/C18H26N2O6S/c1-12-4-5-15(10-13(12)2)27(24,25)20-8-6-14(7-9-20)17(21)19-16(11-26-3)18(22)23/h4-5,10,14,16H,6-9,11H2,1-3H3,(H,19,21)(H,22,23). The van der Waals surface area contributed by atoms with E-state index in [0.29, 0.717) is 12.8 Å². The van der Waals surface area contributed by atoms with Crippen molar-refractivity contribution in [2.45, 2.75) is 37.6 Å². The summed E-state index contributed by atoms with van der Waals surface area (Å²) >= 11 is 0. The molecule has 150 valence electrons. The molecular weight excluding hydrogens is 372 g/mol. The molecular formula is C18H26N2O6S. The topological polar surface area (TPSA) is 113 Å². The molecule has 1 amide bonds. The quantitative estimate of drug-likeness (QED) is 0.706. The second kappa shape index (κ2) is 8.81. The van der Waals surface area contributed by atoms with Crippen LogP contribution >= 0.6 is 0 Å². The van der Waals surface area contributed by atoms with E-state index in [-0.39, 0.29) is 30.5 Å². The lowest BCUT2D eigenvalue weighted by atomic mass is 9.97. The van der Waals surface area contributed by atoms with Crippen LogP contribution in [0.1, 0.15) is 24.0 Å². The van der Waals surface area contributed by atoms with Crippen molar-refractivity contribution in [3.05, 3.63) is 29.3 Å². The SMILES string of the molecule is COCC(NC(=O)C1CCN(S(=O)(=O)c2ccc(C)c(C)c2)CC1)C(=O)O. The Bertz CT molecular complexity index is 800. The summed E-state index contributed by atoms with van der Waals surface area (Å²) in [5, 5.41) is 11.5. The van der Waals surface area contributed by atoms with Gasteiger partial charge in [0.05, 0.1) is 11.5 Å². The van der Waals surface area contributed by atoms with Gasteiger partial charge in [-0.25, -0.2) is 13.2 Å². The summed E-state index contributed by atoms with van der Waals surface area (Å²) in [5.41, 5.74) is 1.93. The number of carbonyl (C=O) groups is 2. The molecule has 0 radical (unpaired) electrons. The zero-order chi connectivity index (χ0) is 20.2. The average molecular weight is 398 g/mol. The van der Waals surface area contributed by atoms with Crippen LogP contribution in [0.25, 0.3) is 0 Å². The van der Waals surface area contributed by atoms with Crippen LogP contribution in [0, 0.1) is 19.8 Å². The van der Waals surface area contributed by atoms with Crippen molar-refractivity contribution in [3.8, 4) is 0 Å². The normalized spacial score (nSPS) is 17.4. The first-order chi connectivity index (χ1) is 12.7. The minimum absolute atomic E-state index is 0.124. The third kappa shape index (κ3) is 5.06. The number of methoxy groups -OCH3 is 1. The molecule has 0 saturated carbocycles. The third-order valence-corrected chi connectivity index (χ3v) is 6.78. The van der Waals surface area contributed by atoms with Gasteiger partial charge in [0.15, 0.2) is 6.04 Å². The number of amides is 1. The lowest BCUT2D eigenvalue weighted by Crippen LogP contribution is -2.49. The Balaban J connectivity index is 2.00. The molecule has 0 aromatic heterocycles. The molecule has 1 saturated heterocycles. The van der Waals surface area contributed by atoms with Gasteiger partial charge < -0.3 is 15.2 Å². The number of aryl methyl sites for hydroxylation is 2. The minimum atomic E-state index is -3.61. The van der Waals surface area contributed by atoms with Crippen LogP contribution in [-0.2, 0) is 24.3 Å². The smallest absolute Gasteiger partial charge is 0.328 e. The first-order valence-corrected chi connectivity index (χ1v) is 10.2. The van der Waals surface area contributed by atoms with Gasteiger partial charge in [0, 0.05) is 26.1 Å². The van der Waals surface area contributed by atoms with E-state index >= 15 is 0 Å². The molecule has 0 bridgehead atoms. The molecule has 0 spiro atoms. The number of carbonyl (C=O) groups excluding carboxylic acids is 1. The van der Waals surface area contributed by atoms with Gasteiger partial charge in [-0.05, 0) is 49.9 Å². The first kappa shape index (κ1) is 21.3.